The van der Waals surface area contributed by atoms with Gasteiger partial charge in [0.2, 0.25) is 5.91 Å². The van der Waals surface area contributed by atoms with Crippen molar-refractivity contribution >= 4 is 5.91 Å². The first kappa shape index (κ1) is 19.3. The molecule has 1 fully saturated rings. The van der Waals surface area contributed by atoms with Crippen LogP contribution in [0, 0.1) is 5.82 Å². The molecule has 1 aliphatic rings. The molecule has 0 radical (unpaired) electrons. The number of rotatable bonds is 5. The Morgan fingerprint density at radius 1 is 1.10 bits per heavy atom. The first-order valence-corrected chi connectivity index (χ1v) is 10.0. The van der Waals surface area contributed by atoms with Gasteiger partial charge in [0.25, 0.3) is 0 Å². The predicted molar refractivity (Wildman–Crippen MR) is 111 cm³/mol. The van der Waals surface area contributed by atoms with E-state index in [0.29, 0.717) is 12.2 Å². The van der Waals surface area contributed by atoms with Crippen molar-refractivity contribution in [3.8, 4) is 16.9 Å². The highest BCUT2D eigenvalue weighted by Crippen LogP contribution is 2.26. The molecule has 1 atom stereocenters. The zero-order valence-electron chi connectivity index (χ0n) is 16.3. The number of nitrogens with two attached hydrogens (primary N) is 1. The Hall–Kier alpha value is -2.99. The molecular formula is C23H25FN4O. The number of benzene rings is 2. The summed E-state index contributed by atoms with van der Waals surface area (Å²) in [6.07, 6.45) is 5.22. The first-order valence-electron chi connectivity index (χ1n) is 10.0. The third-order valence-electron chi connectivity index (χ3n) is 5.49. The van der Waals surface area contributed by atoms with Gasteiger partial charge >= 0.3 is 0 Å². The van der Waals surface area contributed by atoms with Gasteiger partial charge in [-0.1, -0.05) is 18.2 Å². The number of para-hydroxylation sites is 1. The van der Waals surface area contributed by atoms with E-state index in [1.807, 2.05) is 41.4 Å². The zero-order valence-corrected chi connectivity index (χ0v) is 16.3. The van der Waals surface area contributed by atoms with Crippen LogP contribution in [0.4, 0.5) is 4.39 Å². The third kappa shape index (κ3) is 4.22. The molecule has 0 bridgehead atoms. The molecule has 1 unspecified atom stereocenters. The number of likely N-dealkylation sites (tertiary alicyclic amines) is 1. The van der Waals surface area contributed by atoms with E-state index in [1.54, 1.807) is 16.8 Å². The second-order valence-electron chi connectivity index (χ2n) is 7.44. The second-order valence-corrected chi connectivity index (χ2v) is 7.44. The van der Waals surface area contributed by atoms with Gasteiger partial charge in [0.05, 0.1) is 17.8 Å². The first-order chi connectivity index (χ1) is 14.2. The van der Waals surface area contributed by atoms with Crippen LogP contribution in [0.2, 0.25) is 0 Å². The highest BCUT2D eigenvalue weighted by molar-refractivity contribution is 5.81. The molecule has 5 nitrogen and oxygen atoms in total. The summed E-state index contributed by atoms with van der Waals surface area (Å²) in [4.78, 5) is 15.0. The smallest absolute Gasteiger partial charge is 0.227 e. The largest absolute Gasteiger partial charge is 0.338 e. The average Bonchev–Trinajstić information content (AvgIpc) is 3.18. The fraction of sp³-hybridized carbons (Fsp3) is 0.304. The van der Waals surface area contributed by atoms with Crippen molar-refractivity contribution in [3.63, 3.8) is 0 Å². The highest BCUT2D eigenvalue weighted by Gasteiger charge is 2.27. The van der Waals surface area contributed by atoms with Crippen LogP contribution in [0.1, 0.15) is 24.8 Å². The van der Waals surface area contributed by atoms with Gasteiger partial charge in [-0.15, -0.1) is 0 Å². The molecule has 1 aromatic heterocycles. The molecule has 3 aromatic rings. The van der Waals surface area contributed by atoms with Crippen LogP contribution in [0.25, 0.3) is 16.9 Å². The van der Waals surface area contributed by atoms with Crippen LogP contribution in [0.5, 0.6) is 0 Å². The molecule has 4 rings (SSSR count). The van der Waals surface area contributed by atoms with Gasteiger partial charge in [-0.2, -0.15) is 5.10 Å². The number of carbonyl (C=O) groups is 1. The van der Waals surface area contributed by atoms with Crippen molar-refractivity contribution in [2.24, 2.45) is 5.73 Å². The van der Waals surface area contributed by atoms with Crippen LogP contribution >= 0.6 is 0 Å². The molecule has 29 heavy (non-hydrogen) atoms. The van der Waals surface area contributed by atoms with Gasteiger partial charge in [-0.3, -0.25) is 4.79 Å². The summed E-state index contributed by atoms with van der Waals surface area (Å²) in [6.45, 7) is 1.24. The van der Waals surface area contributed by atoms with E-state index in [4.69, 9.17) is 10.8 Å². The minimum absolute atomic E-state index is 0.0659. The van der Waals surface area contributed by atoms with Gasteiger partial charge in [-0.25, -0.2) is 9.07 Å². The lowest BCUT2D eigenvalue weighted by molar-refractivity contribution is -0.133. The van der Waals surface area contributed by atoms with Crippen LogP contribution in [-0.4, -0.2) is 39.7 Å². The van der Waals surface area contributed by atoms with Gasteiger partial charge in [0.1, 0.15) is 5.82 Å². The van der Waals surface area contributed by atoms with Crippen molar-refractivity contribution in [2.75, 3.05) is 13.1 Å². The SMILES string of the molecule is NCC1CCCCN1C(=O)Cc1cn(-c2ccccc2)nc1-c1ccc(F)cc1. The maximum absolute atomic E-state index is 13.4. The lowest BCUT2D eigenvalue weighted by Crippen LogP contribution is -2.48. The molecule has 2 heterocycles. The Balaban J connectivity index is 1.68. The lowest BCUT2D eigenvalue weighted by Gasteiger charge is -2.35. The fourth-order valence-corrected chi connectivity index (χ4v) is 3.94. The summed E-state index contributed by atoms with van der Waals surface area (Å²) in [5, 5.41) is 4.72. The standard InChI is InChI=1S/C23H25FN4O/c24-19-11-9-17(10-12-19)23-18(16-28(26-23)20-6-2-1-3-7-20)14-22(29)27-13-5-4-8-21(27)15-25/h1-3,6-7,9-12,16,21H,4-5,8,13-15,25H2. The van der Waals surface area contributed by atoms with Crippen LogP contribution < -0.4 is 5.73 Å². The Morgan fingerprint density at radius 2 is 1.86 bits per heavy atom. The fourth-order valence-electron chi connectivity index (χ4n) is 3.94. The molecule has 1 amide bonds. The van der Waals surface area contributed by atoms with E-state index in [9.17, 15) is 9.18 Å². The van der Waals surface area contributed by atoms with Crippen LogP contribution in [-0.2, 0) is 11.2 Å². The van der Waals surface area contributed by atoms with E-state index >= 15 is 0 Å². The number of hydrogen-bond acceptors (Lipinski definition) is 3. The van der Waals surface area contributed by atoms with E-state index in [2.05, 4.69) is 0 Å². The van der Waals surface area contributed by atoms with E-state index in [0.717, 1.165) is 42.6 Å². The number of piperidine rings is 1. The molecule has 150 valence electrons. The van der Waals surface area contributed by atoms with Crippen molar-refractivity contribution in [3.05, 3.63) is 72.2 Å². The quantitative estimate of drug-likeness (QED) is 0.722. The van der Waals surface area contributed by atoms with Crippen molar-refractivity contribution in [1.29, 1.82) is 0 Å². The Kier molecular flexibility index (Phi) is 5.71. The minimum atomic E-state index is -0.298. The Morgan fingerprint density at radius 3 is 2.59 bits per heavy atom. The number of nitrogens with zero attached hydrogens (tertiary/aromatic N) is 3. The minimum Gasteiger partial charge on any atom is -0.338 e. The van der Waals surface area contributed by atoms with E-state index in [1.165, 1.54) is 12.1 Å². The summed E-state index contributed by atoms with van der Waals surface area (Å²) in [5.41, 5.74) is 9.12. The van der Waals surface area contributed by atoms with Crippen molar-refractivity contribution in [2.45, 2.75) is 31.7 Å². The van der Waals surface area contributed by atoms with E-state index in [-0.39, 0.29) is 24.2 Å². The normalized spacial score (nSPS) is 16.8. The molecule has 0 saturated carbocycles. The highest BCUT2D eigenvalue weighted by atomic mass is 19.1. The summed E-state index contributed by atoms with van der Waals surface area (Å²) in [7, 11) is 0. The maximum Gasteiger partial charge on any atom is 0.227 e. The summed E-state index contributed by atoms with van der Waals surface area (Å²) < 4.78 is 15.2. The van der Waals surface area contributed by atoms with Gasteiger partial charge < -0.3 is 10.6 Å². The monoisotopic (exact) mass is 392 g/mol. The Labute approximate surface area is 169 Å². The number of hydrogen-bond donors (Lipinski definition) is 1. The second kappa shape index (κ2) is 8.57. The predicted octanol–water partition coefficient (Wildman–Crippen LogP) is 3.56. The molecule has 0 spiro atoms. The Bertz CT molecular complexity index is 968. The molecule has 2 N–H and O–H groups in total. The number of aromatic nitrogens is 2. The zero-order chi connectivity index (χ0) is 20.2. The third-order valence-corrected chi connectivity index (χ3v) is 5.49. The van der Waals surface area contributed by atoms with Crippen molar-refractivity contribution < 1.29 is 9.18 Å². The number of amides is 1. The summed E-state index contributed by atoms with van der Waals surface area (Å²) in [6, 6.07) is 16.1. The average molecular weight is 392 g/mol. The molecule has 2 aromatic carbocycles. The maximum atomic E-state index is 13.4. The number of carbonyl (C=O) groups excluding carboxylic acids is 1. The topological polar surface area (TPSA) is 64.2 Å². The van der Waals surface area contributed by atoms with Gasteiger partial charge in [-0.05, 0) is 55.7 Å². The van der Waals surface area contributed by atoms with Gasteiger partial charge in [0.15, 0.2) is 0 Å². The summed E-state index contributed by atoms with van der Waals surface area (Å²) >= 11 is 0. The molecule has 1 saturated heterocycles. The van der Waals surface area contributed by atoms with Gasteiger partial charge in [0, 0.05) is 36.5 Å². The molecule has 1 aliphatic heterocycles. The van der Waals surface area contributed by atoms with Crippen molar-refractivity contribution in [1.82, 2.24) is 14.7 Å². The summed E-state index contributed by atoms with van der Waals surface area (Å²) in [5.74, 6) is -0.232. The van der Waals surface area contributed by atoms with Crippen LogP contribution in [0.15, 0.2) is 60.8 Å². The lowest BCUT2D eigenvalue weighted by atomic mass is 10.00. The van der Waals surface area contributed by atoms with E-state index < -0.39 is 0 Å². The van der Waals surface area contributed by atoms with Crippen LogP contribution in [0.3, 0.4) is 0 Å². The molecule has 6 heteroatoms. The molecular weight excluding hydrogens is 367 g/mol. The number of halogens is 1. The molecule has 0 aliphatic carbocycles.